The van der Waals surface area contributed by atoms with Crippen LogP contribution in [0.5, 0.6) is 0 Å². The number of quaternary nitrogens is 1. The minimum absolute atomic E-state index is 0.192. The molecule has 0 atom stereocenters. The zero-order chi connectivity index (χ0) is 15.0. The number of aromatic amines is 1. The van der Waals surface area contributed by atoms with E-state index in [1.807, 2.05) is 13.8 Å². The third kappa shape index (κ3) is 2.74. The van der Waals surface area contributed by atoms with Gasteiger partial charge in [-0.25, -0.2) is 0 Å². The van der Waals surface area contributed by atoms with Gasteiger partial charge in [0.15, 0.2) is 5.43 Å². The Bertz CT molecular complexity index is 728. The molecule has 112 valence electrons. The second-order valence-electron chi connectivity index (χ2n) is 6.10. The molecule has 4 heteroatoms. The number of rotatable bonds is 2. The normalized spacial score (nSPS) is 16.5. The number of hydrogen-bond acceptors (Lipinski definition) is 2. The lowest BCUT2D eigenvalue weighted by atomic mass is 10.0. The quantitative estimate of drug-likeness (QED) is 0.861. The maximum atomic E-state index is 12.9. The van der Waals surface area contributed by atoms with Gasteiger partial charge in [-0.2, -0.15) is 0 Å². The number of aromatic nitrogens is 1. The van der Waals surface area contributed by atoms with Crippen molar-refractivity contribution >= 4 is 10.9 Å². The number of hydrogen-bond donors (Lipinski definition) is 2. The molecule has 0 saturated carbocycles. The second-order valence-corrected chi connectivity index (χ2v) is 6.10. The molecule has 1 fully saturated rings. The first-order valence-electron chi connectivity index (χ1n) is 7.60. The maximum absolute atomic E-state index is 12.9. The van der Waals surface area contributed by atoms with Crippen molar-refractivity contribution in [2.24, 2.45) is 0 Å². The first-order valence-corrected chi connectivity index (χ1v) is 7.60. The van der Waals surface area contributed by atoms with Gasteiger partial charge < -0.3 is 14.6 Å². The number of ether oxygens (including phenoxy) is 1. The highest BCUT2D eigenvalue weighted by Crippen LogP contribution is 2.17. The number of benzene rings is 1. The van der Waals surface area contributed by atoms with Crippen LogP contribution in [0, 0.1) is 20.8 Å². The first kappa shape index (κ1) is 14.3. The highest BCUT2D eigenvalue weighted by Gasteiger charge is 2.19. The van der Waals surface area contributed by atoms with Crippen molar-refractivity contribution in [3.05, 3.63) is 44.7 Å². The van der Waals surface area contributed by atoms with E-state index in [1.165, 1.54) is 10.5 Å². The lowest BCUT2D eigenvalue weighted by Gasteiger charge is -2.24. The van der Waals surface area contributed by atoms with E-state index in [4.69, 9.17) is 4.74 Å². The number of morpholine rings is 1. The van der Waals surface area contributed by atoms with Crippen LogP contribution >= 0.6 is 0 Å². The van der Waals surface area contributed by atoms with E-state index in [-0.39, 0.29) is 5.43 Å². The molecular formula is C17H23N2O2+. The van der Waals surface area contributed by atoms with Gasteiger partial charge >= 0.3 is 0 Å². The highest BCUT2D eigenvalue weighted by atomic mass is 16.5. The van der Waals surface area contributed by atoms with Crippen molar-refractivity contribution < 1.29 is 9.64 Å². The van der Waals surface area contributed by atoms with Crippen LogP contribution in [0.25, 0.3) is 10.9 Å². The van der Waals surface area contributed by atoms with Gasteiger partial charge in [0, 0.05) is 11.1 Å². The molecule has 4 nitrogen and oxygen atoms in total. The summed E-state index contributed by atoms with van der Waals surface area (Å²) in [6, 6.07) is 4.14. The second kappa shape index (κ2) is 5.62. The molecular weight excluding hydrogens is 264 g/mol. The third-order valence-electron chi connectivity index (χ3n) is 4.38. The van der Waals surface area contributed by atoms with E-state index in [1.54, 1.807) is 0 Å². The van der Waals surface area contributed by atoms with Crippen molar-refractivity contribution in [1.29, 1.82) is 0 Å². The number of fused-ring (bicyclic) bond motifs is 1. The minimum Gasteiger partial charge on any atom is -0.370 e. The fourth-order valence-corrected chi connectivity index (χ4v) is 3.27. The minimum atomic E-state index is 0.192. The summed E-state index contributed by atoms with van der Waals surface area (Å²) >= 11 is 0. The summed E-state index contributed by atoms with van der Waals surface area (Å²) in [5.41, 5.74) is 5.31. The smallest absolute Gasteiger partial charge is 0.198 e. The number of pyridine rings is 1. The zero-order valence-electron chi connectivity index (χ0n) is 13.0. The summed E-state index contributed by atoms with van der Waals surface area (Å²) in [6.07, 6.45) is 0. The van der Waals surface area contributed by atoms with Crippen molar-refractivity contribution in [2.45, 2.75) is 27.3 Å². The summed E-state index contributed by atoms with van der Waals surface area (Å²) in [5.74, 6) is 0. The Kier molecular flexibility index (Phi) is 3.83. The fourth-order valence-electron chi connectivity index (χ4n) is 3.27. The molecule has 0 aliphatic carbocycles. The summed E-state index contributed by atoms with van der Waals surface area (Å²) in [6.45, 7) is 10.4. The predicted molar refractivity (Wildman–Crippen MR) is 84.0 cm³/mol. The number of H-pyrrole nitrogens is 1. The van der Waals surface area contributed by atoms with E-state index in [0.29, 0.717) is 0 Å². The molecule has 0 spiro atoms. The van der Waals surface area contributed by atoms with Crippen molar-refractivity contribution in [3.63, 3.8) is 0 Å². The lowest BCUT2D eigenvalue weighted by Crippen LogP contribution is -3.13. The molecule has 1 aliphatic rings. The van der Waals surface area contributed by atoms with Gasteiger partial charge in [-0.15, -0.1) is 0 Å². The Balaban J connectivity index is 2.08. The molecule has 1 aliphatic heterocycles. The van der Waals surface area contributed by atoms with Gasteiger partial charge in [0.05, 0.1) is 24.3 Å². The van der Waals surface area contributed by atoms with Crippen LogP contribution in [0.1, 0.15) is 22.4 Å². The number of aryl methyl sites for hydroxylation is 3. The molecule has 0 unspecified atom stereocenters. The molecule has 1 aromatic carbocycles. The Morgan fingerprint density at radius 3 is 2.62 bits per heavy atom. The van der Waals surface area contributed by atoms with E-state index < -0.39 is 0 Å². The molecule has 1 aromatic heterocycles. The lowest BCUT2D eigenvalue weighted by molar-refractivity contribution is -0.921. The van der Waals surface area contributed by atoms with Crippen LogP contribution in [0.3, 0.4) is 0 Å². The standard InChI is InChI=1S/C17H22N2O2/c1-11-8-12(2)16-15(9-11)18-13(3)14(17(16)20)10-19-4-6-21-7-5-19/h8-9H,4-7,10H2,1-3H3,(H,18,20)/p+1. The van der Waals surface area contributed by atoms with Crippen molar-refractivity contribution in [3.8, 4) is 0 Å². The van der Waals surface area contributed by atoms with Crippen molar-refractivity contribution in [2.75, 3.05) is 26.3 Å². The average Bonchev–Trinajstić information content (AvgIpc) is 2.43. The third-order valence-corrected chi connectivity index (χ3v) is 4.38. The van der Waals surface area contributed by atoms with Gasteiger partial charge in [-0.05, 0) is 38.0 Å². The average molecular weight is 287 g/mol. The van der Waals surface area contributed by atoms with Gasteiger partial charge in [-0.3, -0.25) is 4.79 Å². The molecule has 2 N–H and O–H groups in total. The summed E-state index contributed by atoms with van der Waals surface area (Å²) in [7, 11) is 0. The first-order chi connectivity index (χ1) is 10.1. The van der Waals surface area contributed by atoms with Gasteiger partial charge in [0.1, 0.15) is 19.6 Å². The van der Waals surface area contributed by atoms with Gasteiger partial charge in [0.25, 0.3) is 0 Å². The zero-order valence-corrected chi connectivity index (χ0v) is 13.0. The number of nitrogens with one attached hydrogen (secondary N) is 2. The van der Waals surface area contributed by atoms with Crippen LogP contribution in [-0.4, -0.2) is 31.3 Å². The van der Waals surface area contributed by atoms with Crippen LogP contribution < -0.4 is 10.3 Å². The van der Waals surface area contributed by atoms with E-state index in [0.717, 1.165) is 60.6 Å². The molecule has 3 rings (SSSR count). The van der Waals surface area contributed by atoms with Gasteiger partial charge in [0.2, 0.25) is 0 Å². The molecule has 0 radical (unpaired) electrons. The van der Waals surface area contributed by atoms with Crippen LogP contribution in [0.4, 0.5) is 0 Å². The predicted octanol–water partition coefficient (Wildman–Crippen LogP) is 0.868. The Morgan fingerprint density at radius 2 is 1.90 bits per heavy atom. The Morgan fingerprint density at radius 1 is 1.19 bits per heavy atom. The Hall–Kier alpha value is -1.65. The molecule has 2 aromatic rings. The largest absolute Gasteiger partial charge is 0.370 e. The van der Waals surface area contributed by atoms with Gasteiger partial charge in [-0.1, -0.05) is 6.07 Å². The Labute approximate surface area is 124 Å². The van der Waals surface area contributed by atoms with E-state index >= 15 is 0 Å². The molecule has 1 saturated heterocycles. The maximum Gasteiger partial charge on any atom is 0.198 e. The fraction of sp³-hybridized carbons (Fsp3) is 0.471. The van der Waals surface area contributed by atoms with Crippen molar-refractivity contribution in [1.82, 2.24) is 4.98 Å². The van der Waals surface area contributed by atoms with E-state index in [9.17, 15) is 4.79 Å². The molecule has 21 heavy (non-hydrogen) atoms. The summed E-state index contributed by atoms with van der Waals surface area (Å²) in [4.78, 5) is 17.7. The molecule has 0 amide bonds. The molecule has 2 heterocycles. The molecule has 0 bridgehead atoms. The summed E-state index contributed by atoms with van der Waals surface area (Å²) in [5, 5.41) is 0.842. The van der Waals surface area contributed by atoms with Crippen LogP contribution in [0.2, 0.25) is 0 Å². The monoisotopic (exact) mass is 287 g/mol. The SMILES string of the molecule is Cc1cc(C)c2c(=O)c(C[NH+]3CCOCC3)c(C)[nH]c2c1. The van der Waals surface area contributed by atoms with E-state index in [2.05, 4.69) is 24.0 Å². The van der Waals surface area contributed by atoms with Crippen LogP contribution in [0.15, 0.2) is 16.9 Å². The topological polar surface area (TPSA) is 46.5 Å². The van der Waals surface area contributed by atoms with Crippen LogP contribution in [-0.2, 0) is 11.3 Å². The summed E-state index contributed by atoms with van der Waals surface area (Å²) < 4.78 is 5.39. The highest BCUT2D eigenvalue weighted by molar-refractivity contribution is 5.83.